The Labute approximate surface area is 166 Å². The lowest BCUT2D eigenvalue weighted by atomic mass is 10.3. The summed E-state index contributed by atoms with van der Waals surface area (Å²) in [5.41, 5.74) is 6.26. The fourth-order valence-corrected chi connectivity index (χ4v) is 4.10. The number of nitrogens with zero attached hydrogens (tertiary/aromatic N) is 2. The number of hydrogen-bond donors (Lipinski definition) is 2. The smallest absolute Gasteiger partial charge is 0.283 e. The predicted octanol–water partition coefficient (Wildman–Crippen LogP) is 3.94. The maximum atomic E-state index is 12.1. The van der Waals surface area contributed by atoms with Crippen LogP contribution in [0.15, 0.2) is 52.3 Å². The molecule has 1 aliphatic heterocycles. The number of hydrogen-bond acceptors (Lipinski definition) is 6. The quantitative estimate of drug-likeness (QED) is 0.535. The van der Waals surface area contributed by atoms with Gasteiger partial charge in [-0.15, -0.1) is 0 Å². The molecular formula is C18H19ClN4O3S. The molecule has 0 aromatic heterocycles. The molecule has 0 unspecified atom stereocenters. The maximum absolute atomic E-state index is 12.1. The molecule has 0 saturated carbocycles. The number of nitro benzene ring substituents is 1. The zero-order valence-electron chi connectivity index (χ0n) is 14.5. The molecule has 0 spiro atoms. The second kappa shape index (κ2) is 9.07. The summed E-state index contributed by atoms with van der Waals surface area (Å²) in [6.07, 6.45) is 2.25. The van der Waals surface area contributed by atoms with Crippen LogP contribution in [0.4, 0.5) is 11.4 Å². The normalized spacial score (nSPS) is 14.1. The van der Waals surface area contributed by atoms with Gasteiger partial charge in [0, 0.05) is 16.0 Å². The predicted molar refractivity (Wildman–Crippen MR) is 106 cm³/mol. The van der Waals surface area contributed by atoms with Crippen molar-refractivity contribution in [2.24, 2.45) is 0 Å². The number of para-hydroxylation sites is 1. The molecule has 27 heavy (non-hydrogen) atoms. The zero-order valence-corrected chi connectivity index (χ0v) is 16.1. The standard InChI is InChI=1S/C18H19ClN4O3S/c19-13-7-8-15(23(25)26)17(11-13)27-16-6-2-1-5-14(16)20-21-18(24)12-22-9-3-4-10-22/h1-2,5-8,11,20H,3-4,9-10,12H2,(H,21,24). The molecule has 0 aliphatic carbocycles. The Balaban J connectivity index is 1.70. The van der Waals surface area contributed by atoms with E-state index in [-0.39, 0.29) is 11.6 Å². The van der Waals surface area contributed by atoms with Gasteiger partial charge in [0.2, 0.25) is 0 Å². The Bertz CT molecular complexity index is 843. The Morgan fingerprint density at radius 2 is 1.93 bits per heavy atom. The Morgan fingerprint density at radius 1 is 1.19 bits per heavy atom. The van der Waals surface area contributed by atoms with Crippen molar-refractivity contribution in [3.63, 3.8) is 0 Å². The van der Waals surface area contributed by atoms with Gasteiger partial charge in [0.15, 0.2) is 0 Å². The number of likely N-dealkylation sites (tertiary alicyclic amines) is 1. The van der Waals surface area contributed by atoms with Gasteiger partial charge in [-0.3, -0.25) is 30.7 Å². The van der Waals surface area contributed by atoms with E-state index in [1.807, 2.05) is 18.2 Å². The molecule has 0 radical (unpaired) electrons. The van der Waals surface area contributed by atoms with Crippen LogP contribution in [0.5, 0.6) is 0 Å². The van der Waals surface area contributed by atoms with Crippen LogP contribution < -0.4 is 10.9 Å². The summed E-state index contributed by atoms with van der Waals surface area (Å²) < 4.78 is 0. The molecule has 0 atom stereocenters. The monoisotopic (exact) mass is 406 g/mol. The van der Waals surface area contributed by atoms with E-state index in [1.165, 1.54) is 23.9 Å². The zero-order chi connectivity index (χ0) is 19.2. The van der Waals surface area contributed by atoms with Gasteiger partial charge in [-0.05, 0) is 50.2 Å². The minimum Gasteiger partial charge on any atom is -0.297 e. The van der Waals surface area contributed by atoms with E-state index in [0.717, 1.165) is 30.8 Å². The van der Waals surface area contributed by atoms with E-state index in [9.17, 15) is 14.9 Å². The minimum atomic E-state index is -0.438. The number of amides is 1. The number of carbonyl (C=O) groups is 1. The molecule has 9 heteroatoms. The number of nitro groups is 1. The van der Waals surface area contributed by atoms with Crippen LogP contribution in [-0.4, -0.2) is 35.4 Å². The molecule has 7 nitrogen and oxygen atoms in total. The molecule has 1 heterocycles. The van der Waals surface area contributed by atoms with E-state index >= 15 is 0 Å². The third-order valence-corrected chi connectivity index (χ3v) is 5.49. The van der Waals surface area contributed by atoms with Crippen LogP contribution in [0, 0.1) is 10.1 Å². The highest BCUT2D eigenvalue weighted by atomic mass is 35.5. The highest BCUT2D eigenvalue weighted by molar-refractivity contribution is 7.99. The van der Waals surface area contributed by atoms with Crippen molar-refractivity contribution in [2.45, 2.75) is 22.6 Å². The fourth-order valence-electron chi connectivity index (χ4n) is 2.82. The number of halogens is 1. The Hall–Kier alpha value is -2.29. The van der Waals surface area contributed by atoms with Crippen molar-refractivity contribution in [3.8, 4) is 0 Å². The van der Waals surface area contributed by atoms with E-state index in [2.05, 4.69) is 15.8 Å². The fraction of sp³-hybridized carbons (Fsp3) is 0.278. The topological polar surface area (TPSA) is 87.5 Å². The van der Waals surface area contributed by atoms with Crippen LogP contribution in [0.25, 0.3) is 0 Å². The van der Waals surface area contributed by atoms with E-state index in [4.69, 9.17) is 11.6 Å². The first kappa shape index (κ1) is 19.5. The van der Waals surface area contributed by atoms with E-state index in [0.29, 0.717) is 22.2 Å². The first-order chi connectivity index (χ1) is 13.0. The van der Waals surface area contributed by atoms with Gasteiger partial charge in [-0.2, -0.15) is 0 Å². The molecule has 1 saturated heterocycles. The first-order valence-corrected chi connectivity index (χ1v) is 9.70. The van der Waals surface area contributed by atoms with Crippen molar-refractivity contribution in [1.82, 2.24) is 10.3 Å². The second-order valence-corrected chi connectivity index (χ2v) is 7.64. The molecule has 142 valence electrons. The summed E-state index contributed by atoms with van der Waals surface area (Å²) in [7, 11) is 0. The highest BCUT2D eigenvalue weighted by Crippen LogP contribution is 2.39. The van der Waals surface area contributed by atoms with Crippen LogP contribution in [-0.2, 0) is 4.79 Å². The van der Waals surface area contributed by atoms with Gasteiger partial charge in [0.05, 0.1) is 22.1 Å². The molecule has 2 aromatic rings. The van der Waals surface area contributed by atoms with Crippen molar-refractivity contribution >= 4 is 40.6 Å². The van der Waals surface area contributed by atoms with E-state index < -0.39 is 4.92 Å². The summed E-state index contributed by atoms with van der Waals surface area (Å²) in [5.74, 6) is -0.120. The van der Waals surface area contributed by atoms with Crippen LogP contribution in [0.3, 0.4) is 0 Å². The average Bonchev–Trinajstić information content (AvgIpc) is 3.14. The molecular weight excluding hydrogens is 388 g/mol. The van der Waals surface area contributed by atoms with Gasteiger partial charge >= 0.3 is 0 Å². The number of carbonyl (C=O) groups excluding carboxylic acids is 1. The van der Waals surface area contributed by atoms with Crippen molar-refractivity contribution in [2.75, 3.05) is 25.1 Å². The third-order valence-electron chi connectivity index (χ3n) is 4.13. The molecule has 3 rings (SSSR count). The molecule has 2 N–H and O–H groups in total. The maximum Gasteiger partial charge on any atom is 0.283 e. The van der Waals surface area contributed by atoms with Crippen LogP contribution >= 0.6 is 23.4 Å². The lowest BCUT2D eigenvalue weighted by Gasteiger charge is -2.16. The number of nitrogens with one attached hydrogen (secondary N) is 2. The highest BCUT2D eigenvalue weighted by Gasteiger charge is 2.18. The summed E-state index contributed by atoms with van der Waals surface area (Å²) in [6.45, 7) is 2.23. The van der Waals surface area contributed by atoms with Gasteiger partial charge in [0.1, 0.15) is 0 Å². The number of anilines is 1. The summed E-state index contributed by atoms with van der Waals surface area (Å²) in [5, 5.41) is 11.7. The second-order valence-electron chi connectivity index (χ2n) is 6.12. The number of benzene rings is 2. The lowest BCUT2D eigenvalue weighted by molar-refractivity contribution is -0.387. The van der Waals surface area contributed by atoms with Gasteiger partial charge in [-0.25, -0.2) is 0 Å². The molecule has 0 bridgehead atoms. The van der Waals surface area contributed by atoms with Crippen LogP contribution in [0.1, 0.15) is 12.8 Å². The average molecular weight is 407 g/mol. The van der Waals surface area contributed by atoms with Crippen molar-refractivity contribution < 1.29 is 9.72 Å². The SMILES string of the molecule is O=C(CN1CCCC1)NNc1ccccc1Sc1cc(Cl)ccc1[N+](=O)[O-]. The van der Waals surface area contributed by atoms with Crippen molar-refractivity contribution in [3.05, 3.63) is 57.6 Å². The van der Waals surface area contributed by atoms with Crippen molar-refractivity contribution in [1.29, 1.82) is 0 Å². The number of rotatable bonds is 7. The Morgan fingerprint density at radius 3 is 2.67 bits per heavy atom. The number of hydrazine groups is 1. The van der Waals surface area contributed by atoms with E-state index in [1.54, 1.807) is 12.1 Å². The summed E-state index contributed by atoms with van der Waals surface area (Å²) in [6, 6.07) is 11.7. The molecule has 2 aromatic carbocycles. The molecule has 1 aliphatic rings. The first-order valence-electron chi connectivity index (χ1n) is 8.51. The van der Waals surface area contributed by atoms with Gasteiger partial charge in [0.25, 0.3) is 11.6 Å². The third kappa shape index (κ3) is 5.35. The van der Waals surface area contributed by atoms with Crippen LogP contribution in [0.2, 0.25) is 5.02 Å². The Kier molecular flexibility index (Phi) is 6.54. The summed E-state index contributed by atoms with van der Waals surface area (Å²) in [4.78, 5) is 26.2. The largest absolute Gasteiger partial charge is 0.297 e. The molecule has 1 fully saturated rings. The van der Waals surface area contributed by atoms with Gasteiger partial charge in [-0.1, -0.05) is 35.5 Å². The minimum absolute atomic E-state index is 0.0164. The summed E-state index contributed by atoms with van der Waals surface area (Å²) >= 11 is 7.22. The lowest BCUT2D eigenvalue weighted by Crippen LogP contribution is -2.38. The molecule has 1 amide bonds. The van der Waals surface area contributed by atoms with Gasteiger partial charge < -0.3 is 0 Å².